The van der Waals surface area contributed by atoms with E-state index in [1.165, 1.54) is 27.5 Å². The first-order valence-electron chi connectivity index (χ1n) is 26.4. The monoisotopic (exact) mass is 1160 g/mol. The summed E-state index contributed by atoms with van der Waals surface area (Å²) in [6, 6.07) is 66.6. The molecule has 0 radical (unpaired) electrons. The molecule has 378 valence electrons. The fourth-order valence-electron chi connectivity index (χ4n) is 10.9. The molecule has 0 saturated carbocycles. The van der Waals surface area contributed by atoms with Crippen LogP contribution in [0, 0.1) is 18.8 Å². The predicted molar refractivity (Wildman–Crippen MR) is 312 cm³/mol. The van der Waals surface area contributed by atoms with Crippen molar-refractivity contribution >= 4 is 76.5 Å². The van der Waals surface area contributed by atoms with Gasteiger partial charge in [0, 0.05) is 51.3 Å². The van der Waals surface area contributed by atoms with Crippen molar-refractivity contribution in [2.75, 3.05) is 4.90 Å². The molecule has 1 aliphatic rings. The molecule has 3 aromatic heterocycles. The molecule has 1 aliphatic heterocycles. The van der Waals surface area contributed by atoms with Crippen molar-refractivity contribution in [2.24, 2.45) is 0 Å². The molecule has 0 spiro atoms. The summed E-state index contributed by atoms with van der Waals surface area (Å²) in [7, 11) is 0. The summed E-state index contributed by atoms with van der Waals surface area (Å²) in [5.41, 5.74) is 12.5. The second kappa shape index (κ2) is 18.5. The number of nitrogens with zero attached hydrogens (tertiary/aromatic N) is 4. The van der Waals surface area contributed by atoms with Gasteiger partial charge in [0.25, 0.3) is 0 Å². The van der Waals surface area contributed by atoms with E-state index in [1.54, 1.807) is 0 Å². The van der Waals surface area contributed by atoms with Gasteiger partial charge in [-0.25, -0.2) is 4.98 Å². The van der Waals surface area contributed by atoms with Crippen LogP contribution in [0.2, 0.25) is 0 Å². The standard InChI is InChI=1S/C69H63N4O.Pt/c1-43(2)44-35-45(37-48(36-44)69(9,10)11)52-24-17-25-58-55-31-29-46(67(3,4)5)38-60(55)54-22-13-12-21-53(54)59-26-18-28-62-66(59)72(65(52)58)42-71(62)49-19-16-20-50(40-49)74-51-30-32-57-56-23-14-15-27-61(56)73(63(57)41-51)64-39-47(33-34-70-64)68(6,7)8;/h12-39,42-43H,1-11H3;/q-3;/i43D;. The van der Waals surface area contributed by atoms with Gasteiger partial charge in [-0.05, 0) is 135 Å². The van der Waals surface area contributed by atoms with Gasteiger partial charge < -0.3 is 18.8 Å². The Bertz CT molecular complexity index is 4160. The summed E-state index contributed by atoms with van der Waals surface area (Å²) in [5, 5.41) is 9.16. The summed E-state index contributed by atoms with van der Waals surface area (Å²) < 4.78 is 20.7. The van der Waals surface area contributed by atoms with Crippen molar-refractivity contribution in [3.63, 3.8) is 0 Å². The van der Waals surface area contributed by atoms with Crippen LogP contribution in [0.25, 0.3) is 82.1 Å². The Labute approximate surface area is 457 Å². The van der Waals surface area contributed by atoms with E-state index < -0.39 is 5.89 Å². The summed E-state index contributed by atoms with van der Waals surface area (Å²) in [5.74, 6) is 1.18. The number of para-hydroxylation sites is 3. The Hall–Kier alpha value is -7.33. The Morgan fingerprint density at radius 1 is 0.533 bits per heavy atom. The van der Waals surface area contributed by atoms with E-state index in [4.69, 9.17) is 9.72 Å². The molecule has 75 heavy (non-hydrogen) atoms. The van der Waals surface area contributed by atoms with E-state index in [-0.39, 0.29) is 37.3 Å². The molecule has 6 heteroatoms. The number of anilines is 2. The minimum Gasteiger partial charge on any atom is -0.509 e. The van der Waals surface area contributed by atoms with Crippen LogP contribution in [0.5, 0.6) is 11.5 Å². The summed E-state index contributed by atoms with van der Waals surface area (Å²) in [6.07, 6.45) is 1.90. The molecule has 0 unspecified atom stereocenters. The van der Waals surface area contributed by atoms with Gasteiger partial charge in [0.15, 0.2) is 0 Å². The first-order valence-corrected chi connectivity index (χ1v) is 25.9. The smallest absolute Gasteiger partial charge is 0.135 e. The van der Waals surface area contributed by atoms with Crippen LogP contribution in [0.3, 0.4) is 0 Å². The topological polar surface area (TPSA) is 35.2 Å². The third-order valence-electron chi connectivity index (χ3n) is 15.0. The third-order valence-corrected chi connectivity index (χ3v) is 15.0. The second-order valence-electron chi connectivity index (χ2n) is 23.4. The van der Waals surface area contributed by atoms with E-state index in [9.17, 15) is 1.37 Å². The van der Waals surface area contributed by atoms with Crippen LogP contribution in [-0.2, 0) is 37.3 Å². The minimum absolute atomic E-state index is 0. The molecule has 0 saturated heterocycles. The van der Waals surface area contributed by atoms with Crippen molar-refractivity contribution in [1.29, 1.82) is 0 Å². The van der Waals surface area contributed by atoms with Gasteiger partial charge >= 0.3 is 0 Å². The average molecular weight is 1160 g/mol. The van der Waals surface area contributed by atoms with E-state index >= 15 is 0 Å². The normalized spacial score (nSPS) is 13.2. The maximum absolute atomic E-state index is 9.33. The molecule has 0 aliphatic carbocycles. The van der Waals surface area contributed by atoms with Crippen LogP contribution >= 0.6 is 0 Å². The second-order valence-corrected chi connectivity index (χ2v) is 23.4. The van der Waals surface area contributed by atoms with E-state index in [0.29, 0.717) is 11.5 Å². The van der Waals surface area contributed by atoms with Crippen LogP contribution in [0.4, 0.5) is 11.4 Å². The van der Waals surface area contributed by atoms with Crippen LogP contribution in [0.1, 0.15) is 106 Å². The van der Waals surface area contributed by atoms with E-state index in [1.807, 2.05) is 38.2 Å². The summed E-state index contributed by atoms with van der Waals surface area (Å²) in [6.45, 7) is 26.6. The number of benzene rings is 8. The quantitative estimate of drug-likeness (QED) is 0.156. The predicted octanol–water partition coefficient (Wildman–Crippen LogP) is 18.9. The van der Waals surface area contributed by atoms with Gasteiger partial charge in [-0.3, -0.25) is 0 Å². The van der Waals surface area contributed by atoms with Gasteiger partial charge in [-0.15, -0.1) is 35.7 Å². The largest absolute Gasteiger partial charge is 0.509 e. The van der Waals surface area contributed by atoms with E-state index in [0.717, 1.165) is 88.3 Å². The molecule has 5 nitrogen and oxygen atoms in total. The molecule has 4 heterocycles. The number of fused-ring (bicyclic) bond motifs is 10. The molecule has 12 rings (SSSR count). The number of hydrogen-bond acceptors (Lipinski definition) is 3. The molecule has 8 aromatic carbocycles. The number of aromatic nitrogens is 3. The van der Waals surface area contributed by atoms with Crippen LogP contribution < -0.4 is 9.64 Å². The van der Waals surface area contributed by atoms with Gasteiger partial charge in [0.1, 0.15) is 5.82 Å². The third kappa shape index (κ3) is 8.73. The first kappa shape index (κ1) is 48.6. The molecular formula is C69H63N4OPt-3. The summed E-state index contributed by atoms with van der Waals surface area (Å²) in [4.78, 5) is 7.15. The van der Waals surface area contributed by atoms with Crippen LogP contribution in [-0.4, -0.2) is 14.1 Å². The minimum atomic E-state index is -0.815. The van der Waals surface area contributed by atoms with Crippen molar-refractivity contribution in [1.82, 2.24) is 14.1 Å². The maximum Gasteiger partial charge on any atom is 0.135 e. The van der Waals surface area contributed by atoms with Crippen molar-refractivity contribution in [3.05, 3.63) is 211 Å². The number of ether oxygens (including phenoxy) is 1. The van der Waals surface area contributed by atoms with Crippen molar-refractivity contribution in [3.8, 4) is 28.4 Å². The molecule has 0 fully saturated rings. The fraction of sp³-hybridized carbons (Fsp3) is 0.217. The summed E-state index contributed by atoms with van der Waals surface area (Å²) >= 11 is 0. The van der Waals surface area contributed by atoms with Gasteiger partial charge in [0.2, 0.25) is 0 Å². The Morgan fingerprint density at radius 3 is 1.88 bits per heavy atom. The zero-order valence-corrected chi connectivity index (χ0v) is 47.0. The van der Waals surface area contributed by atoms with Crippen LogP contribution in [0.15, 0.2) is 170 Å². The number of rotatable bonds is 6. The first-order chi connectivity index (χ1) is 35.7. The molecule has 0 bridgehead atoms. The molecule has 0 N–H and O–H groups in total. The van der Waals surface area contributed by atoms with Crippen molar-refractivity contribution in [2.45, 2.75) is 98.3 Å². The van der Waals surface area contributed by atoms with Gasteiger partial charge in [0.05, 0.1) is 0 Å². The zero-order chi connectivity index (χ0) is 52.3. The molecule has 0 amide bonds. The van der Waals surface area contributed by atoms with Gasteiger partial charge in [-0.2, -0.15) is 12.1 Å². The number of pyridine rings is 1. The van der Waals surface area contributed by atoms with Gasteiger partial charge in [-0.1, -0.05) is 197 Å². The number of hydrogen-bond donors (Lipinski definition) is 0. The van der Waals surface area contributed by atoms with Crippen molar-refractivity contribution < 1.29 is 27.2 Å². The average Bonchev–Trinajstić information content (AvgIpc) is 4.02. The molecule has 0 atom stereocenters. The Kier molecular flexibility index (Phi) is 12.0. The zero-order valence-electron chi connectivity index (χ0n) is 45.8. The molecule has 11 aromatic rings. The SMILES string of the molecule is [2H]C(C)(C)c1cc(-c2cccc3c4ccc(C(C)(C)C)cc4c4ccccc4c4cccc5c4n(c23)[CH-]N5c2[c-]c(Oc3[c-]c4c(cc3)c3ccccc3n4-c3cc(C(C)(C)C)ccn3)ccc2)cc(C(C)(C)C)c1.[Pt]. The Morgan fingerprint density at radius 2 is 1.15 bits per heavy atom. The maximum atomic E-state index is 9.33. The van der Waals surface area contributed by atoms with E-state index in [2.05, 4.69) is 241 Å². The fourth-order valence-corrected chi connectivity index (χ4v) is 10.9. The molecular weight excluding hydrogens is 1100 g/mol. The Balaban J connectivity index is 0.00000616.